The molecule has 0 N–H and O–H groups in total. The zero-order valence-corrected chi connectivity index (χ0v) is 17.4. The highest BCUT2D eigenvalue weighted by Gasteiger charge is 2.15. The highest BCUT2D eigenvalue weighted by Crippen LogP contribution is 2.29. The van der Waals surface area contributed by atoms with Crippen LogP contribution in [0.25, 0.3) is 10.8 Å². The Morgan fingerprint density at radius 2 is 2.00 bits per heavy atom. The van der Waals surface area contributed by atoms with Gasteiger partial charge in [0, 0.05) is 5.75 Å². The largest absolute Gasteiger partial charge is 0.484 e. The molecule has 0 saturated heterocycles. The van der Waals surface area contributed by atoms with Crippen LogP contribution in [0.2, 0.25) is 0 Å². The number of aromatic nitrogens is 3. The van der Waals surface area contributed by atoms with Crippen molar-refractivity contribution < 1.29 is 13.6 Å². The lowest BCUT2D eigenvalue weighted by Crippen LogP contribution is -1.97. The lowest BCUT2D eigenvalue weighted by atomic mass is 10.1. The third-order valence-electron chi connectivity index (χ3n) is 4.10. The van der Waals surface area contributed by atoms with Crippen molar-refractivity contribution in [1.29, 1.82) is 0 Å². The maximum atomic E-state index is 5.81. The van der Waals surface area contributed by atoms with E-state index in [2.05, 4.69) is 21.2 Å². The molecule has 28 heavy (non-hydrogen) atoms. The third kappa shape index (κ3) is 4.28. The summed E-state index contributed by atoms with van der Waals surface area (Å²) in [6, 6.07) is 10.1. The van der Waals surface area contributed by atoms with Crippen LogP contribution in [-0.2, 0) is 12.4 Å². The second-order valence-electron chi connectivity index (χ2n) is 6.31. The Bertz CT molecular complexity index is 1070. The predicted molar refractivity (Wildman–Crippen MR) is 109 cm³/mol. The van der Waals surface area contributed by atoms with Crippen molar-refractivity contribution in [1.82, 2.24) is 15.2 Å². The van der Waals surface area contributed by atoms with Crippen molar-refractivity contribution in [2.24, 2.45) is 0 Å². The van der Waals surface area contributed by atoms with E-state index in [1.54, 1.807) is 11.3 Å². The van der Waals surface area contributed by atoms with Crippen LogP contribution in [0.5, 0.6) is 5.75 Å². The molecule has 144 valence electrons. The molecule has 0 unspecified atom stereocenters. The molecule has 0 fully saturated rings. The summed E-state index contributed by atoms with van der Waals surface area (Å²) in [5.41, 5.74) is 3.09. The molecule has 0 atom stereocenters. The number of oxazole rings is 1. The van der Waals surface area contributed by atoms with Crippen LogP contribution in [0, 0.1) is 20.8 Å². The van der Waals surface area contributed by atoms with Crippen molar-refractivity contribution in [2.45, 2.75) is 38.4 Å². The topological polar surface area (TPSA) is 74.2 Å². The normalized spacial score (nSPS) is 11.1. The van der Waals surface area contributed by atoms with Crippen LogP contribution in [-0.4, -0.2) is 15.2 Å². The second kappa shape index (κ2) is 8.20. The van der Waals surface area contributed by atoms with Gasteiger partial charge in [-0.1, -0.05) is 30.0 Å². The molecule has 4 rings (SSSR count). The summed E-state index contributed by atoms with van der Waals surface area (Å²) in [7, 11) is 0. The minimum absolute atomic E-state index is 0.239. The lowest BCUT2D eigenvalue weighted by Gasteiger charge is -2.07. The van der Waals surface area contributed by atoms with E-state index >= 15 is 0 Å². The Labute approximate surface area is 171 Å². The van der Waals surface area contributed by atoms with E-state index in [0.717, 1.165) is 33.2 Å². The molecule has 0 spiro atoms. The van der Waals surface area contributed by atoms with Gasteiger partial charge in [0.15, 0.2) is 6.61 Å². The third-order valence-corrected chi connectivity index (χ3v) is 5.79. The molecule has 1 aromatic carbocycles. The first-order chi connectivity index (χ1) is 13.6. The second-order valence-corrected chi connectivity index (χ2v) is 8.18. The predicted octanol–water partition coefficient (Wildman–Crippen LogP) is 5.58. The van der Waals surface area contributed by atoms with Crippen molar-refractivity contribution in [3.05, 3.63) is 64.2 Å². The van der Waals surface area contributed by atoms with E-state index in [-0.39, 0.29) is 6.61 Å². The molecular weight excluding hydrogens is 394 g/mol. The van der Waals surface area contributed by atoms with Crippen LogP contribution < -0.4 is 4.74 Å². The van der Waals surface area contributed by atoms with Gasteiger partial charge in [-0.3, -0.25) is 0 Å². The van der Waals surface area contributed by atoms with Crippen LogP contribution in [0.1, 0.15) is 28.5 Å². The van der Waals surface area contributed by atoms with E-state index in [1.165, 1.54) is 11.8 Å². The first kappa shape index (κ1) is 18.8. The van der Waals surface area contributed by atoms with Gasteiger partial charge < -0.3 is 13.6 Å². The van der Waals surface area contributed by atoms with Gasteiger partial charge in [-0.05, 0) is 49.4 Å². The Morgan fingerprint density at radius 1 is 1.11 bits per heavy atom. The van der Waals surface area contributed by atoms with Gasteiger partial charge in [0.1, 0.15) is 11.5 Å². The fourth-order valence-electron chi connectivity index (χ4n) is 2.55. The first-order valence-corrected chi connectivity index (χ1v) is 10.6. The number of nitrogens with zero attached hydrogens (tertiary/aromatic N) is 3. The number of hydrogen-bond acceptors (Lipinski definition) is 8. The van der Waals surface area contributed by atoms with Crippen molar-refractivity contribution >= 4 is 23.1 Å². The number of hydrogen-bond donors (Lipinski definition) is 0. The molecule has 0 amide bonds. The SMILES string of the molecule is Cc1ccc(C)c(OCc2nnc(SCc3nc(-c4cccs4)oc3C)o2)c1. The fourth-order valence-corrected chi connectivity index (χ4v) is 3.99. The number of ether oxygens (including phenoxy) is 1. The Kier molecular flexibility index (Phi) is 5.50. The van der Waals surface area contributed by atoms with E-state index in [4.69, 9.17) is 13.6 Å². The average molecular weight is 414 g/mol. The van der Waals surface area contributed by atoms with Crippen molar-refractivity contribution in [3.8, 4) is 16.5 Å². The zero-order valence-electron chi connectivity index (χ0n) is 15.8. The minimum atomic E-state index is 0.239. The maximum Gasteiger partial charge on any atom is 0.277 e. The highest BCUT2D eigenvalue weighted by molar-refractivity contribution is 7.98. The monoisotopic (exact) mass is 413 g/mol. The van der Waals surface area contributed by atoms with E-state index in [1.807, 2.05) is 50.4 Å². The molecule has 8 heteroatoms. The standard InChI is InChI=1S/C20H19N3O3S2/c1-12-6-7-13(2)16(9-12)24-10-18-22-23-20(26-18)28-11-15-14(3)25-19(21-15)17-5-4-8-27-17/h4-9H,10-11H2,1-3H3. The fraction of sp³-hybridized carbons (Fsp3) is 0.250. The van der Waals surface area contributed by atoms with Gasteiger partial charge in [-0.25, -0.2) is 4.98 Å². The first-order valence-electron chi connectivity index (χ1n) is 8.74. The average Bonchev–Trinajstić information content (AvgIpc) is 3.42. The number of aryl methyl sites for hydroxylation is 3. The number of thiophene rings is 1. The summed E-state index contributed by atoms with van der Waals surface area (Å²) in [5.74, 6) is 3.32. The lowest BCUT2D eigenvalue weighted by molar-refractivity contribution is 0.250. The molecule has 0 radical (unpaired) electrons. The molecule has 4 aromatic rings. The van der Waals surface area contributed by atoms with Crippen molar-refractivity contribution in [3.63, 3.8) is 0 Å². The number of rotatable bonds is 7. The highest BCUT2D eigenvalue weighted by atomic mass is 32.2. The minimum Gasteiger partial charge on any atom is -0.484 e. The van der Waals surface area contributed by atoms with Crippen LogP contribution in [0.4, 0.5) is 0 Å². The Balaban J connectivity index is 1.36. The number of thioether (sulfide) groups is 1. The smallest absolute Gasteiger partial charge is 0.277 e. The molecule has 0 aliphatic carbocycles. The maximum absolute atomic E-state index is 5.81. The zero-order chi connectivity index (χ0) is 19.5. The summed E-state index contributed by atoms with van der Waals surface area (Å²) in [6.45, 7) is 6.19. The van der Waals surface area contributed by atoms with Gasteiger partial charge in [0.2, 0.25) is 5.89 Å². The molecule has 0 aliphatic rings. The summed E-state index contributed by atoms with van der Waals surface area (Å²) in [4.78, 5) is 5.59. The summed E-state index contributed by atoms with van der Waals surface area (Å²) in [6.07, 6.45) is 0. The van der Waals surface area contributed by atoms with E-state index in [9.17, 15) is 0 Å². The van der Waals surface area contributed by atoms with Gasteiger partial charge in [-0.15, -0.1) is 21.5 Å². The van der Waals surface area contributed by atoms with Gasteiger partial charge >= 0.3 is 0 Å². The summed E-state index contributed by atoms with van der Waals surface area (Å²) in [5, 5.41) is 10.6. The molecule has 0 aliphatic heterocycles. The molecular formula is C20H19N3O3S2. The van der Waals surface area contributed by atoms with Gasteiger partial charge in [0.25, 0.3) is 11.1 Å². The summed E-state index contributed by atoms with van der Waals surface area (Å²) >= 11 is 3.03. The Morgan fingerprint density at radius 3 is 2.82 bits per heavy atom. The molecule has 0 saturated carbocycles. The molecule has 3 aromatic heterocycles. The van der Waals surface area contributed by atoms with Gasteiger partial charge in [0.05, 0.1) is 10.6 Å². The summed E-state index contributed by atoms with van der Waals surface area (Å²) < 4.78 is 17.2. The quantitative estimate of drug-likeness (QED) is 0.366. The Hall–Kier alpha value is -2.58. The van der Waals surface area contributed by atoms with E-state index in [0.29, 0.717) is 22.8 Å². The van der Waals surface area contributed by atoms with Gasteiger partial charge in [-0.2, -0.15) is 0 Å². The van der Waals surface area contributed by atoms with Crippen molar-refractivity contribution in [2.75, 3.05) is 0 Å². The van der Waals surface area contributed by atoms with E-state index < -0.39 is 0 Å². The van der Waals surface area contributed by atoms with Crippen LogP contribution in [0.3, 0.4) is 0 Å². The molecule has 3 heterocycles. The molecule has 6 nitrogen and oxygen atoms in total. The molecule has 0 bridgehead atoms. The van der Waals surface area contributed by atoms with Crippen LogP contribution in [0.15, 0.2) is 49.8 Å². The number of benzene rings is 1. The van der Waals surface area contributed by atoms with Crippen LogP contribution >= 0.6 is 23.1 Å².